The van der Waals surface area contributed by atoms with E-state index in [-0.39, 0.29) is 11.9 Å². The van der Waals surface area contributed by atoms with Crippen molar-refractivity contribution >= 4 is 5.91 Å². The Bertz CT molecular complexity index is 677. The first kappa shape index (κ1) is 17.1. The number of aryl methyl sites for hydroxylation is 2. The molecule has 2 rings (SSSR count). The molecule has 0 aliphatic carbocycles. The van der Waals surface area contributed by atoms with E-state index in [4.69, 9.17) is 4.74 Å². The molecule has 3 nitrogen and oxygen atoms in total. The summed E-state index contributed by atoms with van der Waals surface area (Å²) < 4.78 is 5.83. The number of carbonyl (C=O) groups is 1. The predicted octanol–water partition coefficient (Wildman–Crippen LogP) is 4.26. The summed E-state index contributed by atoms with van der Waals surface area (Å²) >= 11 is 0. The van der Waals surface area contributed by atoms with Crippen molar-refractivity contribution in [3.05, 3.63) is 64.7 Å². The summed E-state index contributed by atoms with van der Waals surface area (Å²) in [5.41, 5.74) is 4.52. The zero-order valence-corrected chi connectivity index (χ0v) is 14.5. The molecular weight excluding hydrogens is 286 g/mol. The molecule has 23 heavy (non-hydrogen) atoms. The molecule has 2 aromatic rings. The van der Waals surface area contributed by atoms with Gasteiger partial charge in [-0.05, 0) is 57.4 Å². The van der Waals surface area contributed by atoms with Gasteiger partial charge >= 0.3 is 0 Å². The summed E-state index contributed by atoms with van der Waals surface area (Å²) in [7, 11) is 0. The zero-order valence-electron chi connectivity index (χ0n) is 14.5. The fraction of sp³-hybridized carbons (Fsp3) is 0.350. The van der Waals surface area contributed by atoms with Crippen molar-refractivity contribution in [1.82, 2.24) is 5.32 Å². The van der Waals surface area contributed by atoms with E-state index in [9.17, 15) is 4.79 Å². The minimum absolute atomic E-state index is 0.0484. The van der Waals surface area contributed by atoms with Crippen LogP contribution in [0.1, 0.15) is 42.1 Å². The number of benzene rings is 2. The lowest BCUT2D eigenvalue weighted by Crippen LogP contribution is -2.37. The van der Waals surface area contributed by atoms with Crippen LogP contribution in [-0.4, -0.2) is 12.0 Å². The number of amides is 1. The fourth-order valence-corrected chi connectivity index (χ4v) is 2.37. The molecule has 0 saturated heterocycles. The van der Waals surface area contributed by atoms with Crippen molar-refractivity contribution < 1.29 is 9.53 Å². The minimum atomic E-state index is -0.539. The van der Waals surface area contributed by atoms with E-state index in [1.807, 2.05) is 70.2 Å². The van der Waals surface area contributed by atoms with Crippen LogP contribution in [0.15, 0.2) is 42.5 Å². The highest BCUT2D eigenvalue weighted by atomic mass is 16.5. The summed E-state index contributed by atoms with van der Waals surface area (Å²) in [4.78, 5) is 12.4. The van der Waals surface area contributed by atoms with E-state index in [2.05, 4.69) is 5.32 Å². The van der Waals surface area contributed by atoms with Gasteiger partial charge in [0.1, 0.15) is 5.75 Å². The molecule has 122 valence electrons. The van der Waals surface area contributed by atoms with E-state index in [1.54, 1.807) is 6.92 Å². The average molecular weight is 311 g/mol. The largest absolute Gasteiger partial charge is 0.481 e. The van der Waals surface area contributed by atoms with Crippen LogP contribution in [0.4, 0.5) is 0 Å². The van der Waals surface area contributed by atoms with Gasteiger partial charge in [0.15, 0.2) is 6.10 Å². The maximum absolute atomic E-state index is 12.4. The average Bonchev–Trinajstić information content (AvgIpc) is 2.52. The molecule has 0 aliphatic rings. The highest BCUT2D eigenvalue weighted by Crippen LogP contribution is 2.22. The Labute approximate surface area is 138 Å². The maximum atomic E-state index is 12.4. The van der Waals surface area contributed by atoms with Crippen molar-refractivity contribution in [2.24, 2.45) is 0 Å². The second kappa shape index (κ2) is 7.32. The normalized spacial score (nSPS) is 13.3. The van der Waals surface area contributed by atoms with Crippen molar-refractivity contribution in [1.29, 1.82) is 0 Å². The Balaban J connectivity index is 1.99. The monoisotopic (exact) mass is 311 g/mol. The van der Waals surface area contributed by atoms with E-state index < -0.39 is 6.10 Å². The number of hydrogen-bond acceptors (Lipinski definition) is 2. The van der Waals surface area contributed by atoms with Gasteiger partial charge in [-0.15, -0.1) is 0 Å². The first-order valence-electron chi connectivity index (χ1n) is 7.98. The van der Waals surface area contributed by atoms with Crippen molar-refractivity contribution in [3.8, 4) is 5.75 Å². The molecule has 3 heteroatoms. The second-order valence-corrected chi connectivity index (χ2v) is 6.10. The lowest BCUT2D eigenvalue weighted by Gasteiger charge is -2.20. The summed E-state index contributed by atoms with van der Waals surface area (Å²) in [5.74, 6) is 0.648. The van der Waals surface area contributed by atoms with Crippen molar-refractivity contribution in [3.63, 3.8) is 0 Å². The van der Waals surface area contributed by atoms with Gasteiger partial charge in [-0.2, -0.15) is 0 Å². The summed E-state index contributed by atoms with van der Waals surface area (Å²) in [6, 6.07) is 14.0. The van der Waals surface area contributed by atoms with Crippen LogP contribution in [0, 0.1) is 20.8 Å². The second-order valence-electron chi connectivity index (χ2n) is 6.10. The third-order valence-electron chi connectivity index (χ3n) is 4.16. The van der Waals surface area contributed by atoms with Gasteiger partial charge in [0.2, 0.25) is 0 Å². The first-order chi connectivity index (χ1) is 10.9. The number of ether oxygens (including phenoxy) is 1. The molecule has 0 bridgehead atoms. The van der Waals surface area contributed by atoms with Gasteiger partial charge < -0.3 is 10.1 Å². The van der Waals surface area contributed by atoms with Gasteiger partial charge in [-0.25, -0.2) is 0 Å². The van der Waals surface area contributed by atoms with Crippen LogP contribution >= 0.6 is 0 Å². The molecule has 1 N–H and O–H groups in total. The summed E-state index contributed by atoms with van der Waals surface area (Å²) in [5, 5.41) is 3.01. The number of hydrogen-bond donors (Lipinski definition) is 1. The fourth-order valence-electron chi connectivity index (χ4n) is 2.37. The molecule has 0 radical (unpaired) electrons. The summed E-state index contributed by atoms with van der Waals surface area (Å²) in [6.07, 6.45) is -0.539. The summed E-state index contributed by atoms with van der Waals surface area (Å²) in [6.45, 7) is 9.84. The van der Waals surface area contributed by atoms with Gasteiger partial charge in [0, 0.05) is 0 Å². The van der Waals surface area contributed by atoms with Crippen LogP contribution < -0.4 is 10.1 Å². The standard InChI is InChI=1S/C20H25NO2/c1-13-9-11-18(12-10-13)16(4)21-20(22)17(5)23-19-8-6-7-14(2)15(19)3/h6-12,16-17H,1-5H3,(H,21,22)/t16-,17+/m1/s1. The highest BCUT2D eigenvalue weighted by molar-refractivity contribution is 5.81. The number of carbonyl (C=O) groups excluding carboxylic acids is 1. The third-order valence-corrected chi connectivity index (χ3v) is 4.16. The molecule has 0 saturated carbocycles. The highest BCUT2D eigenvalue weighted by Gasteiger charge is 2.18. The number of rotatable bonds is 5. The van der Waals surface area contributed by atoms with Crippen LogP contribution in [0.5, 0.6) is 5.75 Å². The Kier molecular flexibility index (Phi) is 5.43. The zero-order chi connectivity index (χ0) is 17.0. The van der Waals surface area contributed by atoms with Crippen LogP contribution in [0.3, 0.4) is 0 Å². The molecule has 2 atom stereocenters. The van der Waals surface area contributed by atoms with Gasteiger partial charge in [-0.1, -0.05) is 42.0 Å². The molecule has 0 aromatic heterocycles. The van der Waals surface area contributed by atoms with Gasteiger partial charge in [0.25, 0.3) is 5.91 Å². The predicted molar refractivity (Wildman–Crippen MR) is 93.7 cm³/mol. The van der Waals surface area contributed by atoms with Gasteiger partial charge in [0.05, 0.1) is 6.04 Å². The lowest BCUT2D eigenvalue weighted by molar-refractivity contribution is -0.127. The van der Waals surface area contributed by atoms with Crippen LogP contribution in [-0.2, 0) is 4.79 Å². The quantitative estimate of drug-likeness (QED) is 0.896. The Morgan fingerprint density at radius 2 is 1.65 bits per heavy atom. The van der Waals surface area contributed by atoms with E-state index in [0.717, 1.165) is 22.4 Å². The first-order valence-corrected chi connectivity index (χ1v) is 7.98. The smallest absolute Gasteiger partial charge is 0.261 e. The Hall–Kier alpha value is -2.29. The minimum Gasteiger partial charge on any atom is -0.481 e. The van der Waals surface area contributed by atoms with Crippen LogP contribution in [0.2, 0.25) is 0 Å². The van der Waals surface area contributed by atoms with E-state index >= 15 is 0 Å². The maximum Gasteiger partial charge on any atom is 0.261 e. The Morgan fingerprint density at radius 3 is 2.30 bits per heavy atom. The SMILES string of the molecule is Cc1ccc([C@@H](C)NC(=O)[C@H](C)Oc2cccc(C)c2C)cc1. The molecule has 0 spiro atoms. The van der Waals surface area contributed by atoms with E-state index in [0.29, 0.717) is 0 Å². The molecule has 0 fully saturated rings. The molecule has 0 aliphatic heterocycles. The van der Waals surface area contributed by atoms with Crippen LogP contribution in [0.25, 0.3) is 0 Å². The lowest BCUT2D eigenvalue weighted by atomic mass is 10.1. The molecule has 0 heterocycles. The molecule has 1 amide bonds. The van der Waals surface area contributed by atoms with Crippen molar-refractivity contribution in [2.45, 2.75) is 46.8 Å². The molecular formula is C20H25NO2. The topological polar surface area (TPSA) is 38.3 Å². The molecule has 0 unspecified atom stereocenters. The third kappa shape index (κ3) is 4.35. The molecule has 2 aromatic carbocycles. The van der Waals surface area contributed by atoms with E-state index in [1.165, 1.54) is 5.56 Å². The van der Waals surface area contributed by atoms with Gasteiger partial charge in [-0.3, -0.25) is 4.79 Å². The Morgan fingerprint density at radius 1 is 1.00 bits per heavy atom. The number of nitrogens with one attached hydrogen (secondary N) is 1. The van der Waals surface area contributed by atoms with Crippen molar-refractivity contribution in [2.75, 3.05) is 0 Å².